The van der Waals surface area contributed by atoms with Crippen molar-refractivity contribution in [2.24, 2.45) is 5.92 Å². The SMILES string of the molecule is C=C(C)[C@@H]1CC[C@]2(C)S[P@@](=S)(OC[C@H]3O[C@@H](n4cc(C)c(=O)[nH]c4=O)CC3O[Si](C)(C)C(C)(C)C)O[C@H]2C1. The van der Waals surface area contributed by atoms with E-state index < -0.39 is 37.6 Å². The van der Waals surface area contributed by atoms with Crippen molar-refractivity contribution in [2.45, 2.75) is 115 Å². The number of aromatic amines is 1. The van der Waals surface area contributed by atoms with Crippen LogP contribution >= 0.6 is 17.1 Å². The molecule has 12 heteroatoms. The Morgan fingerprint density at radius 1 is 1.37 bits per heavy atom. The Morgan fingerprint density at radius 2 is 2.05 bits per heavy atom. The molecule has 3 heterocycles. The van der Waals surface area contributed by atoms with Gasteiger partial charge in [0.1, 0.15) is 12.3 Å². The molecule has 0 amide bonds. The normalized spacial score (nSPS) is 35.8. The Balaban J connectivity index is 1.53. The minimum atomic E-state index is -2.60. The van der Waals surface area contributed by atoms with Crippen molar-refractivity contribution in [1.82, 2.24) is 9.55 Å². The highest BCUT2D eigenvalue weighted by molar-refractivity contribution is 8.68. The number of hydrogen-bond donors (Lipinski definition) is 1. The van der Waals surface area contributed by atoms with Crippen molar-refractivity contribution < 1.29 is 18.2 Å². The lowest BCUT2D eigenvalue weighted by atomic mass is 9.77. The third-order valence-electron chi connectivity index (χ3n) is 8.73. The summed E-state index contributed by atoms with van der Waals surface area (Å²) in [5.41, 5.74) is -1.84. The van der Waals surface area contributed by atoms with Crippen LogP contribution in [0, 0.1) is 12.8 Å². The summed E-state index contributed by atoms with van der Waals surface area (Å²) in [6.45, 7) is 21.4. The van der Waals surface area contributed by atoms with Crippen LogP contribution in [0.15, 0.2) is 27.9 Å². The first-order valence-electron chi connectivity index (χ1n) is 13.4. The molecule has 38 heavy (non-hydrogen) atoms. The Bertz CT molecular complexity index is 1240. The van der Waals surface area contributed by atoms with Crippen molar-refractivity contribution in [1.29, 1.82) is 0 Å². The third kappa shape index (κ3) is 6.20. The van der Waals surface area contributed by atoms with Gasteiger partial charge in [-0.2, -0.15) is 0 Å². The molecule has 7 atom stereocenters. The summed E-state index contributed by atoms with van der Waals surface area (Å²) in [6, 6.07) is 0. The van der Waals surface area contributed by atoms with E-state index >= 15 is 0 Å². The summed E-state index contributed by atoms with van der Waals surface area (Å²) in [4.78, 5) is 26.9. The number of rotatable bonds is 7. The average molecular weight is 603 g/mol. The lowest BCUT2D eigenvalue weighted by molar-refractivity contribution is -0.0396. The fourth-order valence-corrected chi connectivity index (χ4v) is 13.6. The van der Waals surface area contributed by atoms with Crippen LogP contribution in [0.3, 0.4) is 0 Å². The van der Waals surface area contributed by atoms with E-state index in [-0.39, 0.29) is 28.6 Å². The summed E-state index contributed by atoms with van der Waals surface area (Å²) >= 11 is 7.69. The van der Waals surface area contributed by atoms with Crippen LogP contribution in [0.2, 0.25) is 18.1 Å². The van der Waals surface area contributed by atoms with E-state index in [1.807, 2.05) is 0 Å². The lowest BCUT2D eigenvalue weighted by Gasteiger charge is -2.39. The molecule has 1 N–H and O–H groups in total. The number of allylic oxidation sites excluding steroid dienone is 1. The molecule has 1 aliphatic carbocycles. The van der Waals surface area contributed by atoms with E-state index in [4.69, 9.17) is 30.0 Å². The van der Waals surface area contributed by atoms with Crippen LogP contribution in [0.25, 0.3) is 0 Å². The maximum atomic E-state index is 12.6. The standard InChI is InChI=1S/C26H43N2O6PS2Si/c1-16(2)18-10-11-26(7)21(12-18)33-35(36,37-26)31-15-20-19(34-38(8,9)25(4,5)6)13-22(32-20)28-14-17(3)23(29)27-24(28)30/h14,18-22H,1,10-13,15H2,2-9H3,(H,27,29,30)/t18-,19?,20-,21+,22-,26+,35+/m1/s1. The van der Waals surface area contributed by atoms with Gasteiger partial charge in [-0.3, -0.25) is 14.3 Å². The maximum Gasteiger partial charge on any atom is 0.330 e. The zero-order valence-electron chi connectivity index (χ0n) is 23.9. The molecule has 8 nitrogen and oxygen atoms in total. The first-order chi connectivity index (χ1) is 17.4. The molecule has 3 fully saturated rings. The van der Waals surface area contributed by atoms with Crippen molar-refractivity contribution in [3.8, 4) is 0 Å². The molecule has 0 radical (unpaired) electrons. The smallest absolute Gasteiger partial charge is 0.330 e. The molecule has 214 valence electrons. The second kappa shape index (κ2) is 10.7. The highest BCUT2D eigenvalue weighted by Crippen LogP contribution is 2.75. The number of aromatic nitrogens is 2. The predicted molar refractivity (Wildman–Crippen MR) is 160 cm³/mol. The molecule has 2 saturated heterocycles. The molecule has 3 aliphatic rings. The van der Waals surface area contributed by atoms with Crippen LogP contribution < -0.4 is 11.2 Å². The van der Waals surface area contributed by atoms with Gasteiger partial charge in [0.05, 0.1) is 18.8 Å². The number of nitrogens with one attached hydrogen (secondary N) is 1. The summed E-state index contributed by atoms with van der Waals surface area (Å²) in [5.74, 6) is 0.454. The van der Waals surface area contributed by atoms with Gasteiger partial charge in [0.25, 0.3) is 5.56 Å². The van der Waals surface area contributed by atoms with Gasteiger partial charge >= 0.3 is 5.69 Å². The molecule has 0 spiro atoms. The Hall–Kier alpha value is -0.523. The first kappa shape index (κ1) is 30.4. The number of hydrogen-bond acceptors (Lipinski definition) is 8. The minimum absolute atomic E-state index is 0.00265. The average Bonchev–Trinajstić information content (AvgIpc) is 3.29. The van der Waals surface area contributed by atoms with Gasteiger partial charge in [-0.25, -0.2) is 4.79 Å². The van der Waals surface area contributed by atoms with Crippen LogP contribution in [-0.4, -0.2) is 47.5 Å². The largest absolute Gasteiger partial charge is 0.411 e. The summed E-state index contributed by atoms with van der Waals surface area (Å²) < 4.78 is 27.5. The van der Waals surface area contributed by atoms with Crippen LogP contribution in [0.4, 0.5) is 0 Å². The monoisotopic (exact) mass is 602 g/mol. The fraction of sp³-hybridized carbons (Fsp3) is 0.769. The summed E-state index contributed by atoms with van der Waals surface area (Å²) in [6.07, 6.45) is 3.85. The molecular weight excluding hydrogens is 559 g/mol. The molecule has 2 aliphatic heterocycles. The molecular formula is C26H43N2O6PS2Si. The molecule has 0 bridgehead atoms. The van der Waals surface area contributed by atoms with Crippen molar-refractivity contribution in [3.05, 3.63) is 44.8 Å². The quantitative estimate of drug-likeness (QED) is 0.230. The van der Waals surface area contributed by atoms with E-state index in [1.165, 1.54) is 10.1 Å². The molecule has 1 aromatic rings. The number of ether oxygens (including phenoxy) is 1. The fourth-order valence-electron chi connectivity index (χ4n) is 5.11. The maximum absolute atomic E-state index is 12.6. The van der Waals surface area contributed by atoms with E-state index in [1.54, 1.807) is 24.5 Å². The second-order valence-electron chi connectivity index (χ2n) is 12.8. The van der Waals surface area contributed by atoms with Gasteiger partial charge in [-0.1, -0.05) is 44.3 Å². The third-order valence-corrected chi connectivity index (χ3v) is 19.1. The van der Waals surface area contributed by atoms with Crippen LogP contribution in [0.5, 0.6) is 0 Å². The van der Waals surface area contributed by atoms with Crippen LogP contribution in [-0.2, 0) is 30.0 Å². The lowest BCUT2D eigenvalue weighted by Crippen LogP contribution is -2.46. The zero-order valence-corrected chi connectivity index (χ0v) is 27.4. The zero-order chi connectivity index (χ0) is 28.3. The molecule has 4 rings (SSSR count). The van der Waals surface area contributed by atoms with Gasteiger partial charge in [0.15, 0.2) is 8.32 Å². The molecule has 0 aromatic carbocycles. The number of H-pyrrole nitrogens is 1. The van der Waals surface area contributed by atoms with Gasteiger partial charge in [0.2, 0.25) is 5.69 Å². The van der Waals surface area contributed by atoms with E-state index in [0.29, 0.717) is 17.9 Å². The minimum Gasteiger partial charge on any atom is -0.411 e. The van der Waals surface area contributed by atoms with Gasteiger partial charge in [-0.05, 0) is 75.9 Å². The number of aryl methyl sites for hydroxylation is 1. The van der Waals surface area contributed by atoms with Gasteiger partial charge in [0, 0.05) is 22.9 Å². The van der Waals surface area contributed by atoms with Gasteiger partial charge < -0.3 is 18.2 Å². The van der Waals surface area contributed by atoms with Crippen molar-refractivity contribution >= 4 is 37.2 Å². The Labute approximate surface area is 236 Å². The number of fused-ring (bicyclic) bond motifs is 1. The number of nitrogens with zero attached hydrogens (tertiary/aromatic N) is 1. The molecule has 1 unspecified atom stereocenters. The Morgan fingerprint density at radius 3 is 2.68 bits per heavy atom. The van der Waals surface area contributed by atoms with E-state index in [9.17, 15) is 9.59 Å². The second-order valence-corrected chi connectivity index (χ2v) is 24.2. The van der Waals surface area contributed by atoms with Crippen LogP contribution in [0.1, 0.15) is 72.1 Å². The Kier molecular flexibility index (Phi) is 8.58. The van der Waals surface area contributed by atoms with Crippen molar-refractivity contribution in [2.75, 3.05) is 6.61 Å². The highest BCUT2D eigenvalue weighted by Gasteiger charge is 2.54. The summed E-state index contributed by atoms with van der Waals surface area (Å²) in [5, 5.41) is 0.00265. The molecule has 1 aromatic heterocycles. The molecule has 1 saturated carbocycles. The first-order valence-corrected chi connectivity index (χ1v) is 20.3. The summed E-state index contributed by atoms with van der Waals surface area (Å²) in [7, 11) is -2.15. The van der Waals surface area contributed by atoms with E-state index in [2.05, 4.69) is 59.3 Å². The highest BCUT2D eigenvalue weighted by atomic mass is 32.9. The topological polar surface area (TPSA) is 91.8 Å². The van der Waals surface area contributed by atoms with Gasteiger partial charge in [-0.15, -0.1) is 0 Å². The van der Waals surface area contributed by atoms with E-state index in [0.717, 1.165) is 19.3 Å². The van der Waals surface area contributed by atoms with Crippen molar-refractivity contribution in [3.63, 3.8) is 0 Å². The predicted octanol–water partition coefficient (Wildman–Crippen LogP) is 6.03.